The lowest BCUT2D eigenvalue weighted by Crippen LogP contribution is -2.57. The van der Waals surface area contributed by atoms with E-state index in [4.69, 9.17) is 11.6 Å². The fourth-order valence-corrected chi connectivity index (χ4v) is 3.72. The molecule has 20 heavy (non-hydrogen) atoms. The van der Waals surface area contributed by atoms with Gasteiger partial charge in [-0.3, -0.25) is 4.79 Å². The first-order chi connectivity index (χ1) is 9.48. The van der Waals surface area contributed by atoms with Crippen LogP contribution in [0.3, 0.4) is 0 Å². The predicted molar refractivity (Wildman–Crippen MR) is 79.8 cm³/mol. The minimum atomic E-state index is -0.895. The Hall–Kier alpha value is -0.780. The molecule has 1 saturated carbocycles. The average molecular weight is 318 g/mol. The van der Waals surface area contributed by atoms with Crippen molar-refractivity contribution in [3.05, 3.63) is 34.6 Å². The van der Waals surface area contributed by atoms with Gasteiger partial charge in [-0.2, -0.15) is 11.8 Å². The Bertz CT molecular complexity index is 494. The third-order valence-corrected chi connectivity index (χ3v) is 5.28. The second-order valence-corrected chi connectivity index (χ2v) is 6.75. The number of carbonyl (C=O) groups excluding carboxylic acids is 1. The van der Waals surface area contributed by atoms with Crippen molar-refractivity contribution >= 4 is 29.3 Å². The molecule has 0 spiro atoms. The summed E-state index contributed by atoms with van der Waals surface area (Å²) < 4.78 is 13.6. The van der Waals surface area contributed by atoms with E-state index in [-0.39, 0.29) is 22.4 Å². The fourth-order valence-electron chi connectivity index (χ4n) is 2.27. The highest BCUT2D eigenvalue weighted by molar-refractivity contribution is 8.00. The molecule has 110 valence electrons. The molecule has 0 bridgehead atoms. The SMILES string of the molecule is CCSC1CCC1(O)CNC(=O)c1c(F)cccc1Cl. The summed E-state index contributed by atoms with van der Waals surface area (Å²) in [7, 11) is 0. The van der Waals surface area contributed by atoms with Crippen LogP contribution in [-0.4, -0.2) is 34.2 Å². The lowest BCUT2D eigenvalue weighted by atomic mass is 9.79. The molecule has 3 nitrogen and oxygen atoms in total. The van der Waals surface area contributed by atoms with E-state index in [1.54, 1.807) is 11.8 Å². The number of amides is 1. The van der Waals surface area contributed by atoms with E-state index in [2.05, 4.69) is 5.32 Å². The highest BCUT2D eigenvalue weighted by Gasteiger charge is 2.45. The lowest BCUT2D eigenvalue weighted by Gasteiger charge is -2.45. The van der Waals surface area contributed by atoms with Gasteiger partial charge in [0.25, 0.3) is 5.91 Å². The molecule has 0 radical (unpaired) electrons. The second-order valence-electron chi connectivity index (χ2n) is 4.87. The van der Waals surface area contributed by atoms with Crippen molar-refractivity contribution in [2.24, 2.45) is 0 Å². The fraction of sp³-hybridized carbons (Fsp3) is 0.500. The van der Waals surface area contributed by atoms with Crippen LogP contribution >= 0.6 is 23.4 Å². The van der Waals surface area contributed by atoms with E-state index in [1.807, 2.05) is 6.92 Å². The zero-order valence-electron chi connectivity index (χ0n) is 11.2. The maximum absolute atomic E-state index is 13.6. The molecule has 1 amide bonds. The molecule has 2 atom stereocenters. The number of hydrogen-bond donors (Lipinski definition) is 2. The van der Waals surface area contributed by atoms with E-state index < -0.39 is 17.3 Å². The van der Waals surface area contributed by atoms with Gasteiger partial charge in [0.1, 0.15) is 5.82 Å². The number of hydrogen-bond acceptors (Lipinski definition) is 3. The molecule has 2 rings (SSSR count). The zero-order valence-corrected chi connectivity index (χ0v) is 12.7. The molecule has 1 fully saturated rings. The highest BCUT2D eigenvalue weighted by atomic mass is 35.5. The summed E-state index contributed by atoms with van der Waals surface area (Å²) in [5.74, 6) is -0.330. The van der Waals surface area contributed by atoms with Crippen LogP contribution in [0.25, 0.3) is 0 Å². The van der Waals surface area contributed by atoms with Crippen LogP contribution in [0.1, 0.15) is 30.1 Å². The summed E-state index contributed by atoms with van der Waals surface area (Å²) in [4.78, 5) is 12.0. The summed E-state index contributed by atoms with van der Waals surface area (Å²) in [5, 5.41) is 13.2. The molecule has 0 saturated heterocycles. The van der Waals surface area contributed by atoms with E-state index in [9.17, 15) is 14.3 Å². The van der Waals surface area contributed by atoms with Gasteiger partial charge in [-0.1, -0.05) is 24.6 Å². The average Bonchev–Trinajstić information content (AvgIpc) is 2.40. The van der Waals surface area contributed by atoms with Crippen molar-refractivity contribution in [3.63, 3.8) is 0 Å². The van der Waals surface area contributed by atoms with Crippen molar-refractivity contribution < 1.29 is 14.3 Å². The molecule has 2 N–H and O–H groups in total. The van der Waals surface area contributed by atoms with Crippen LogP contribution in [0.4, 0.5) is 4.39 Å². The van der Waals surface area contributed by atoms with E-state index in [0.717, 1.165) is 12.2 Å². The van der Waals surface area contributed by atoms with Gasteiger partial charge in [0, 0.05) is 11.8 Å². The Balaban J connectivity index is 1.99. The standard InChI is InChI=1S/C14H17ClFNO2S/c1-2-20-11-6-7-14(11,19)8-17-13(18)12-9(15)4-3-5-10(12)16/h3-5,11,19H,2,6-8H2,1H3,(H,17,18). The van der Waals surface area contributed by atoms with Gasteiger partial charge >= 0.3 is 0 Å². The Kier molecular flexibility index (Phi) is 4.94. The first kappa shape index (κ1) is 15.6. The van der Waals surface area contributed by atoms with Gasteiger partial charge in [-0.25, -0.2) is 4.39 Å². The molecular formula is C14H17ClFNO2S. The Morgan fingerprint density at radius 1 is 1.65 bits per heavy atom. The molecule has 0 heterocycles. The molecule has 2 unspecified atom stereocenters. The third-order valence-electron chi connectivity index (χ3n) is 3.55. The first-order valence-electron chi connectivity index (χ1n) is 6.54. The predicted octanol–water partition coefficient (Wildman–Crippen LogP) is 2.86. The summed E-state index contributed by atoms with van der Waals surface area (Å²) in [6.07, 6.45) is 1.58. The number of benzene rings is 1. The zero-order chi connectivity index (χ0) is 14.8. The molecule has 0 aromatic heterocycles. The minimum absolute atomic E-state index is 0.0718. The minimum Gasteiger partial charge on any atom is -0.387 e. The van der Waals surface area contributed by atoms with Gasteiger partial charge in [-0.05, 0) is 30.7 Å². The summed E-state index contributed by atoms with van der Waals surface area (Å²) in [6.45, 7) is 2.15. The number of halogens is 2. The summed E-state index contributed by atoms with van der Waals surface area (Å²) in [6, 6.07) is 4.10. The second kappa shape index (κ2) is 6.33. The number of nitrogens with one attached hydrogen (secondary N) is 1. The van der Waals surface area contributed by atoms with Crippen LogP contribution < -0.4 is 5.32 Å². The van der Waals surface area contributed by atoms with E-state index in [1.165, 1.54) is 18.2 Å². The number of aliphatic hydroxyl groups is 1. The van der Waals surface area contributed by atoms with Crippen LogP contribution in [-0.2, 0) is 0 Å². The summed E-state index contributed by atoms with van der Waals surface area (Å²) >= 11 is 7.51. The smallest absolute Gasteiger partial charge is 0.255 e. The summed E-state index contributed by atoms with van der Waals surface area (Å²) in [5.41, 5.74) is -1.06. The van der Waals surface area contributed by atoms with Crippen LogP contribution in [0, 0.1) is 5.82 Å². The molecular weight excluding hydrogens is 301 g/mol. The molecule has 1 aromatic carbocycles. The first-order valence-corrected chi connectivity index (χ1v) is 7.97. The Morgan fingerprint density at radius 2 is 2.40 bits per heavy atom. The molecule has 1 aliphatic rings. The Labute approximate surface area is 126 Å². The lowest BCUT2D eigenvalue weighted by molar-refractivity contribution is -0.0222. The number of carbonyl (C=O) groups is 1. The van der Waals surface area contributed by atoms with Gasteiger partial charge < -0.3 is 10.4 Å². The maximum Gasteiger partial charge on any atom is 0.255 e. The van der Waals surface area contributed by atoms with Crippen molar-refractivity contribution in [3.8, 4) is 0 Å². The van der Waals surface area contributed by atoms with Gasteiger partial charge in [-0.15, -0.1) is 0 Å². The van der Waals surface area contributed by atoms with Crippen LogP contribution in [0.5, 0.6) is 0 Å². The quantitative estimate of drug-likeness (QED) is 0.878. The van der Waals surface area contributed by atoms with Crippen molar-refractivity contribution in [2.45, 2.75) is 30.6 Å². The molecule has 1 aromatic rings. The highest BCUT2D eigenvalue weighted by Crippen LogP contribution is 2.40. The topological polar surface area (TPSA) is 49.3 Å². The largest absolute Gasteiger partial charge is 0.387 e. The van der Waals surface area contributed by atoms with E-state index in [0.29, 0.717) is 6.42 Å². The van der Waals surface area contributed by atoms with Crippen LogP contribution in [0.15, 0.2) is 18.2 Å². The van der Waals surface area contributed by atoms with E-state index >= 15 is 0 Å². The molecule has 0 aliphatic heterocycles. The maximum atomic E-state index is 13.6. The normalized spacial score (nSPS) is 25.1. The Morgan fingerprint density at radius 3 is 2.95 bits per heavy atom. The molecule has 1 aliphatic carbocycles. The third kappa shape index (κ3) is 3.10. The van der Waals surface area contributed by atoms with Crippen molar-refractivity contribution in [2.75, 3.05) is 12.3 Å². The monoisotopic (exact) mass is 317 g/mol. The van der Waals surface area contributed by atoms with Crippen molar-refractivity contribution in [1.82, 2.24) is 5.32 Å². The van der Waals surface area contributed by atoms with Gasteiger partial charge in [0.05, 0.1) is 16.2 Å². The number of thioether (sulfide) groups is 1. The van der Waals surface area contributed by atoms with Crippen molar-refractivity contribution in [1.29, 1.82) is 0 Å². The van der Waals surface area contributed by atoms with Crippen LogP contribution in [0.2, 0.25) is 5.02 Å². The van der Waals surface area contributed by atoms with Gasteiger partial charge in [0.15, 0.2) is 0 Å². The number of rotatable bonds is 5. The molecule has 6 heteroatoms. The van der Waals surface area contributed by atoms with Gasteiger partial charge in [0.2, 0.25) is 0 Å².